The molecular weight excluding hydrogens is 285 g/mol. The summed E-state index contributed by atoms with van der Waals surface area (Å²) < 4.78 is 13.1. The van der Waals surface area contributed by atoms with Crippen molar-refractivity contribution in [1.82, 2.24) is 5.32 Å². The minimum Gasteiger partial charge on any atom is -0.481 e. The third kappa shape index (κ3) is 3.93. The summed E-state index contributed by atoms with van der Waals surface area (Å²) >= 11 is 5.63. The number of hydrogen-bond acceptors (Lipinski definition) is 2. The summed E-state index contributed by atoms with van der Waals surface area (Å²) in [6.45, 7) is 3.62. The first-order chi connectivity index (χ1) is 9.33. The fourth-order valence-electron chi connectivity index (χ4n) is 1.96. The molecule has 0 aliphatic rings. The second-order valence-electron chi connectivity index (χ2n) is 4.64. The smallest absolute Gasteiger partial charge is 0.305 e. The third-order valence-corrected chi connectivity index (χ3v) is 3.69. The van der Waals surface area contributed by atoms with Gasteiger partial charge in [-0.1, -0.05) is 25.4 Å². The van der Waals surface area contributed by atoms with E-state index in [-0.39, 0.29) is 17.0 Å². The number of carbonyl (C=O) groups excluding carboxylic acids is 1. The van der Waals surface area contributed by atoms with E-state index >= 15 is 0 Å². The quantitative estimate of drug-likeness (QED) is 0.847. The first-order valence-corrected chi connectivity index (χ1v) is 6.70. The average molecular weight is 302 g/mol. The molecule has 2 N–H and O–H groups in total. The number of carboxylic acids is 1. The maximum atomic E-state index is 13.1. The van der Waals surface area contributed by atoms with Crippen LogP contribution in [0.25, 0.3) is 0 Å². The monoisotopic (exact) mass is 301 g/mol. The molecule has 0 fully saturated rings. The van der Waals surface area contributed by atoms with Crippen molar-refractivity contribution in [2.75, 3.05) is 0 Å². The number of rotatable bonds is 6. The lowest BCUT2D eigenvalue weighted by molar-refractivity contribution is -0.138. The molecule has 0 bridgehead atoms. The number of carbonyl (C=O) groups is 2. The van der Waals surface area contributed by atoms with Crippen molar-refractivity contribution < 1.29 is 19.1 Å². The van der Waals surface area contributed by atoms with Gasteiger partial charge in [0.25, 0.3) is 5.91 Å². The fraction of sp³-hybridized carbons (Fsp3) is 0.429. The summed E-state index contributed by atoms with van der Waals surface area (Å²) in [5.41, 5.74) is -0.614. The molecule has 0 radical (unpaired) electrons. The Morgan fingerprint density at radius 1 is 1.35 bits per heavy atom. The number of carboxylic acid groups (broad SMARTS) is 1. The SMILES string of the molecule is CCC(CC)(CC(=O)O)NC(=O)c1ccc(F)c(Cl)c1. The molecule has 0 aliphatic heterocycles. The van der Waals surface area contributed by atoms with Gasteiger partial charge < -0.3 is 10.4 Å². The molecule has 0 unspecified atom stereocenters. The topological polar surface area (TPSA) is 66.4 Å². The number of halogens is 2. The van der Waals surface area contributed by atoms with Crippen LogP contribution in [0.1, 0.15) is 43.5 Å². The number of nitrogens with one attached hydrogen (secondary N) is 1. The van der Waals surface area contributed by atoms with Crippen molar-refractivity contribution in [2.45, 2.75) is 38.6 Å². The van der Waals surface area contributed by atoms with E-state index in [2.05, 4.69) is 5.32 Å². The van der Waals surface area contributed by atoms with E-state index in [1.165, 1.54) is 12.1 Å². The molecule has 1 aromatic rings. The molecule has 0 saturated heterocycles. The summed E-state index contributed by atoms with van der Waals surface area (Å²) in [5, 5.41) is 11.5. The van der Waals surface area contributed by atoms with Crippen LogP contribution in [0.15, 0.2) is 18.2 Å². The summed E-state index contributed by atoms with van der Waals surface area (Å²) in [4.78, 5) is 23.1. The second kappa shape index (κ2) is 6.70. The van der Waals surface area contributed by atoms with Crippen molar-refractivity contribution >= 4 is 23.5 Å². The molecule has 0 heterocycles. The van der Waals surface area contributed by atoms with E-state index in [4.69, 9.17) is 16.7 Å². The summed E-state index contributed by atoms with van der Waals surface area (Å²) in [6, 6.07) is 3.64. The standard InChI is InChI=1S/C14H17ClFNO3/c1-3-14(4-2,8-12(18)19)17-13(20)9-5-6-11(16)10(15)7-9/h5-7H,3-4,8H2,1-2H3,(H,17,20)(H,18,19). The molecule has 4 nitrogen and oxygen atoms in total. The van der Waals surface area contributed by atoms with Crippen LogP contribution in [-0.4, -0.2) is 22.5 Å². The van der Waals surface area contributed by atoms with Crippen LogP contribution in [-0.2, 0) is 4.79 Å². The number of benzene rings is 1. The lowest BCUT2D eigenvalue weighted by Crippen LogP contribution is -2.49. The minimum atomic E-state index is -0.980. The second-order valence-corrected chi connectivity index (χ2v) is 5.05. The molecule has 110 valence electrons. The van der Waals surface area contributed by atoms with Crippen LogP contribution in [0.3, 0.4) is 0 Å². The largest absolute Gasteiger partial charge is 0.481 e. The fourth-order valence-corrected chi connectivity index (χ4v) is 2.14. The molecule has 20 heavy (non-hydrogen) atoms. The molecule has 1 amide bonds. The van der Waals surface area contributed by atoms with Crippen LogP contribution in [0.5, 0.6) is 0 Å². The third-order valence-electron chi connectivity index (χ3n) is 3.40. The molecule has 1 aromatic carbocycles. The molecule has 0 saturated carbocycles. The molecular formula is C14H17ClFNO3. The van der Waals surface area contributed by atoms with Gasteiger partial charge in [0.05, 0.1) is 17.0 Å². The van der Waals surface area contributed by atoms with Gasteiger partial charge in [-0.3, -0.25) is 9.59 Å². The lowest BCUT2D eigenvalue weighted by atomic mass is 9.88. The Morgan fingerprint density at radius 3 is 2.40 bits per heavy atom. The maximum Gasteiger partial charge on any atom is 0.305 e. The van der Waals surface area contributed by atoms with Gasteiger partial charge in [-0.05, 0) is 31.0 Å². The Labute approximate surface area is 121 Å². The van der Waals surface area contributed by atoms with Crippen molar-refractivity contribution in [3.8, 4) is 0 Å². The summed E-state index contributed by atoms with van der Waals surface area (Å²) in [5.74, 6) is -2.05. The van der Waals surface area contributed by atoms with Gasteiger partial charge >= 0.3 is 5.97 Å². The highest BCUT2D eigenvalue weighted by molar-refractivity contribution is 6.31. The van der Waals surface area contributed by atoms with Gasteiger partial charge in [0.2, 0.25) is 0 Å². The van der Waals surface area contributed by atoms with Crippen molar-refractivity contribution in [3.05, 3.63) is 34.6 Å². The Hall–Kier alpha value is -1.62. The Kier molecular flexibility index (Phi) is 5.51. The van der Waals surface area contributed by atoms with Gasteiger partial charge in [-0.2, -0.15) is 0 Å². The molecule has 0 aromatic heterocycles. The first-order valence-electron chi connectivity index (χ1n) is 6.33. The Balaban J connectivity index is 2.95. The van der Waals surface area contributed by atoms with E-state index in [0.29, 0.717) is 12.8 Å². The van der Waals surface area contributed by atoms with E-state index in [0.717, 1.165) is 6.07 Å². The van der Waals surface area contributed by atoms with Crippen LogP contribution in [0.4, 0.5) is 4.39 Å². The molecule has 0 spiro atoms. The number of aliphatic carboxylic acids is 1. The lowest BCUT2D eigenvalue weighted by Gasteiger charge is -2.31. The maximum absolute atomic E-state index is 13.1. The highest BCUT2D eigenvalue weighted by Crippen LogP contribution is 2.22. The molecule has 1 rings (SSSR count). The molecule has 0 aliphatic carbocycles. The average Bonchev–Trinajstić information content (AvgIpc) is 2.40. The highest BCUT2D eigenvalue weighted by Gasteiger charge is 2.31. The van der Waals surface area contributed by atoms with Crippen LogP contribution < -0.4 is 5.32 Å². The normalized spacial score (nSPS) is 11.2. The van der Waals surface area contributed by atoms with E-state index in [1.807, 2.05) is 13.8 Å². The predicted molar refractivity (Wildman–Crippen MR) is 74.4 cm³/mol. The Bertz CT molecular complexity index is 515. The van der Waals surface area contributed by atoms with Crippen molar-refractivity contribution in [1.29, 1.82) is 0 Å². The summed E-state index contributed by atoms with van der Waals surface area (Å²) in [6.07, 6.45) is 0.799. The van der Waals surface area contributed by atoms with Gasteiger partial charge in [0, 0.05) is 5.56 Å². The highest BCUT2D eigenvalue weighted by atomic mass is 35.5. The van der Waals surface area contributed by atoms with Crippen LogP contribution in [0.2, 0.25) is 5.02 Å². The number of amides is 1. The van der Waals surface area contributed by atoms with Gasteiger partial charge in [0.1, 0.15) is 5.82 Å². The van der Waals surface area contributed by atoms with E-state index in [9.17, 15) is 14.0 Å². The molecule has 6 heteroatoms. The van der Waals surface area contributed by atoms with Crippen molar-refractivity contribution in [3.63, 3.8) is 0 Å². The van der Waals surface area contributed by atoms with Gasteiger partial charge in [-0.25, -0.2) is 4.39 Å². The Morgan fingerprint density at radius 2 is 1.95 bits per heavy atom. The predicted octanol–water partition coefficient (Wildman–Crippen LogP) is 3.24. The zero-order chi connectivity index (χ0) is 15.3. The summed E-state index contributed by atoms with van der Waals surface area (Å²) in [7, 11) is 0. The van der Waals surface area contributed by atoms with Crippen molar-refractivity contribution in [2.24, 2.45) is 0 Å². The minimum absolute atomic E-state index is 0.144. The van der Waals surface area contributed by atoms with Gasteiger partial charge in [-0.15, -0.1) is 0 Å². The molecule has 0 atom stereocenters. The first kappa shape index (κ1) is 16.4. The van der Waals surface area contributed by atoms with E-state index in [1.54, 1.807) is 0 Å². The zero-order valence-corrected chi connectivity index (χ0v) is 12.1. The van der Waals surface area contributed by atoms with Crippen LogP contribution in [0, 0.1) is 5.82 Å². The zero-order valence-electron chi connectivity index (χ0n) is 11.4. The number of hydrogen-bond donors (Lipinski definition) is 2. The van der Waals surface area contributed by atoms with Gasteiger partial charge in [0.15, 0.2) is 0 Å². The van der Waals surface area contributed by atoms with Crippen LogP contribution >= 0.6 is 11.6 Å². The van der Waals surface area contributed by atoms with E-state index < -0.39 is 23.2 Å².